The number of sulfonamides is 1. The maximum absolute atomic E-state index is 13.8. The monoisotopic (exact) mass is 480 g/mol. The van der Waals surface area contributed by atoms with E-state index in [1.54, 1.807) is 21.0 Å². The molecule has 0 fully saturated rings. The SMILES string of the molecule is COc1ccc([C@H](C)NC(=O)CN(Cc2ccccc2)S(=O)(=O)c2c(C)cc(C)cc2C)cc1. The molecule has 0 unspecified atom stereocenters. The summed E-state index contributed by atoms with van der Waals surface area (Å²) in [5, 5.41) is 2.93. The van der Waals surface area contributed by atoms with E-state index in [0.717, 1.165) is 22.4 Å². The minimum atomic E-state index is -3.93. The van der Waals surface area contributed by atoms with Gasteiger partial charge in [0.25, 0.3) is 0 Å². The van der Waals surface area contributed by atoms with Crippen molar-refractivity contribution in [2.24, 2.45) is 0 Å². The Morgan fingerprint density at radius 3 is 2.12 bits per heavy atom. The van der Waals surface area contributed by atoms with Gasteiger partial charge in [-0.2, -0.15) is 4.31 Å². The first-order valence-corrected chi connectivity index (χ1v) is 12.6. The Hall–Kier alpha value is -3.16. The van der Waals surface area contributed by atoms with Crippen molar-refractivity contribution in [1.82, 2.24) is 9.62 Å². The summed E-state index contributed by atoms with van der Waals surface area (Å²) >= 11 is 0. The van der Waals surface area contributed by atoms with Gasteiger partial charge in [-0.3, -0.25) is 4.79 Å². The van der Waals surface area contributed by atoms with Crippen LogP contribution in [0.2, 0.25) is 0 Å². The van der Waals surface area contributed by atoms with Gasteiger partial charge in [-0.25, -0.2) is 8.42 Å². The number of nitrogens with one attached hydrogen (secondary N) is 1. The number of carbonyl (C=O) groups is 1. The van der Waals surface area contributed by atoms with Crippen LogP contribution in [0.5, 0.6) is 5.75 Å². The quantitative estimate of drug-likeness (QED) is 0.482. The zero-order valence-electron chi connectivity index (χ0n) is 20.3. The summed E-state index contributed by atoms with van der Waals surface area (Å²) < 4.78 is 34.0. The van der Waals surface area contributed by atoms with E-state index in [-0.39, 0.29) is 29.9 Å². The molecule has 1 atom stereocenters. The van der Waals surface area contributed by atoms with Gasteiger partial charge in [0.15, 0.2) is 0 Å². The van der Waals surface area contributed by atoms with Crippen LogP contribution < -0.4 is 10.1 Å². The van der Waals surface area contributed by atoms with Crippen molar-refractivity contribution < 1.29 is 17.9 Å². The summed E-state index contributed by atoms with van der Waals surface area (Å²) in [6.45, 7) is 7.19. The van der Waals surface area contributed by atoms with Crippen LogP contribution in [0.15, 0.2) is 71.6 Å². The number of hydrogen-bond acceptors (Lipinski definition) is 4. The van der Waals surface area contributed by atoms with Gasteiger partial charge < -0.3 is 10.1 Å². The van der Waals surface area contributed by atoms with E-state index in [1.807, 2.05) is 80.6 Å². The van der Waals surface area contributed by atoms with Crippen molar-refractivity contribution in [2.75, 3.05) is 13.7 Å². The fourth-order valence-electron chi connectivity index (χ4n) is 4.14. The third-order valence-corrected chi connectivity index (χ3v) is 7.82. The van der Waals surface area contributed by atoms with Crippen LogP contribution in [0.4, 0.5) is 0 Å². The average molecular weight is 481 g/mol. The summed E-state index contributed by atoms with van der Waals surface area (Å²) in [4.78, 5) is 13.3. The standard InChI is InChI=1S/C27H32N2O4S/c1-19-15-20(2)27(21(3)16-19)34(31,32)29(17-23-9-7-6-8-10-23)18-26(30)28-22(4)24-11-13-25(33-5)14-12-24/h6-16,22H,17-18H2,1-5H3,(H,28,30)/t22-/m0/s1. The highest BCUT2D eigenvalue weighted by Gasteiger charge is 2.30. The minimum Gasteiger partial charge on any atom is -0.497 e. The molecule has 0 heterocycles. The molecule has 1 amide bonds. The molecule has 3 aromatic carbocycles. The van der Waals surface area contributed by atoms with E-state index in [1.165, 1.54) is 4.31 Å². The Kier molecular flexibility index (Phi) is 8.12. The Balaban J connectivity index is 1.88. The molecular formula is C27H32N2O4S. The number of hydrogen-bond donors (Lipinski definition) is 1. The fraction of sp³-hybridized carbons (Fsp3) is 0.296. The van der Waals surface area contributed by atoms with E-state index >= 15 is 0 Å². The fourth-order valence-corrected chi connectivity index (χ4v) is 5.93. The third-order valence-electron chi connectivity index (χ3n) is 5.72. The largest absolute Gasteiger partial charge is 0.497 e. The van der Waals surface area contributed by atoms with E-state index in [4.69, 9.17) is 4.74 Å². The highest BCUT2D eigenvalue weighted by molar-refractivity contribution is 7.89. The Morgan fingerprint density at radius 2 is 1.56 bits per heavy atom. The van der Waals surface area contributed by atoms with Crippen molar-refractivity contribution in [1.29, 1.82) is 0 Å². The summed E-state index contributed by atoms with van der Waals surface area (Å²) in [5.41, 5.74) is 4.04. The lowest BCUT2D eigenvalue weighted by molar-refractivity contribution is -0.122. The molecule has 0 spiro atoms. The van der Waals surface area contributed by atoms with Gasteiger partial charge >= 0.3 is 0 Å². The lowest BCUT2D eigenvalue weighted by Crippen LogP contribution is -2.41. The Morgan fingerprint density at radius 1 is 0.971 bits per heavy atom. The summed E-state index contributed by atoms with van der Waals surface area (Å²) in [7, 11) is -2.33. The Labute approximate surface area is 202 Å². The van der Waals surface area contributed by atoms with Gasteiger partial charge in [-0.15, -0.1) is 0 Å². The molecule has 0 saturated carbocycles. The normalized spacial score (nSPS) is 12.4. The first-order valence-electron chi connectivity index (χ1n) is 11.2. The minimum absolute atomic E-state index is 0.0975. The molecule has 1 N–H and O–H groups in total. The van der Waals surface area contributed by atoms with Gasteiger partial charge in [-0.1, -0.05) is 60.2 Å². The van der Waals surface area contributed by atoms with Crippen LogP contribution in [0.3, 0.4) is 0 Å². The van der Waals surface area contributed by atoms with Crippen molar-refractivity contribution >= 4 is 15.9 Å². The zero-order valence-corrected chi connectivity index (χ0v) is 21.1. The maximum Gasteiger partial charge on any atom is 0.244 e. The summed E-state index contributed by atoms with van der Waals surface area (Å²) in [6.07, 6.45) is 0. The first-order chi connectivity index (χ1) is 16.1. The second kappa shape index (κ2) is 10.8. The molecule has 7 heteroatoms. The van der Waals surface area contributed by atoms with E-state index in [9.17, 15) is 13.2 Å². The number of methoxy groups -OCH3 is 1. The van der Waals surface area contributed by atoms with Crippen molar-refractivity contribution in [3.05, 3.63) is 94.5 Å². The molecule has 3 rings (SSSR count). The second-order valence-electron chi connectivity index (χ2n) is 8.55. The third kappa shape index (κ3) is 6.04. The molecule has 0 saturated heterocycles. The van der Waals surface area contributed by atoms with Crippen molar-refractivity contribution in [2.45, 2.75) is 45.2 Å². The van der Waals surface area contributed by atoms with Gasteiger partial charge in [0.05, 0.1) is 24.6 Å². The number of aryl methyl sites for hydroxylation is 3. The van der Waals surface area contributed by atoms with Crippen LogP contribution >= 0.6 is 0 Å². The molecule has 3 aromatic rings. The molecule has 0 radical (unpaired) electrons. The lowest BCUT2D eigenvalue weighted by Gasteiger charge is -2.25. The first kappa shape index (κ1) is 25.5. The van der Waals surface area contributed by atoms with Gasteiger partial charge in [0.2, 0.25) is 15.9 Å². The van der Waals surface area contributed by atoms with Crippen molar-refractivity contribution in [3.8, 4) is 5.75 Å². The zero-order chi connectivity index (χ0) is 24.9. The van der Waals surface area contributed by atoms with Crippen LogP contribution in [0, 0.1) is 20.8 Å². The van der Waals surface area contributed by atoms with E-state index in [0.29, 0.717) is 11.1 Å². The molecule has 0 aliphatic heterocycles. The van der Waals surface area contributed by atoms with Gasteiger partial charge in [0, 0.05) is 6.54 Å². The molecule has 34 heavy (non-hydrogen) atoms. The highest BCUT2D eigenvalue weighted by atomic mass is 32.2. The van der Waals surface area contributed by atoms with E-state index in [2.05, 4.69) is 5.32 Å². The van der Waals surface area contributed by atoms with Crippen LogP contribution in [-0.4, -0.2) is 32.3 Å². The predicted molar refractivity (Wildman–Crippen MR) is 134 cm³/mol. The van der Waals surface area contributed by atoms with E-state index < -0.39 is 10.0 Å². The smallest absolute Gasteiger partial charge is 0.244 e. The molecule has 6 nitrogen and oxygen atoms in total. The van der Waals surface area contributed by atoms with Gasteiger partial charge in [0.1, 0.15) is 5.75 Å². The topological polar surface area (TPSA) is 75.7 Å². The van der Waals surface area contributed by atoms with Crippen LogP contribution in [0.25, 0.3) is 0 Å². The molecule has 0 aromatic heterocycles. The average Bonchev–Trinajstić information content (AvgIpc) is 2.78. The van der Waals surface area contributed by atoms with Gasteiger partial charge in [-0.05, 0) is 62.1 Å². The number of carbonyl (C=O) groups excluding carboxylic acids is 1. The second-order valence-corrected chi connectivity index (χ2v) is 10.4. The lowest BCUT2D eigenvalue weighted by atomic mass is 10.1. The molecule has 180 valence electrons. The number of amides is 1. The number of ether oxygens (including phenoxy) is 1. The summed E-state index contributed by atoms with van der Waals surface area (Å²) in [5.74, 6) is 0.358. The highest BCUT2D eigenvalue weighted by Crippen LogP contribution is 2.26. The molecule has 0 aliphatic rings. The maximum atomic E-state index is 13.8. The number of rotatable bonds is 9. The Bertz CT molecular complexity index is 1220. The molecule has 0 bridgehead atoms. The van der Waals surface area contributed by atoms with Crippen LogP contribution in [-0.2, 0) is 21.4 Å². The number of benzene rings is 3. The predicted octanol–water partition coefficient (Wildman–Crippen LogP) is 4.69. The number of nitrogens with zero attached hydrogens (tertiary/aromatic N) is 1. The van der Waals surface area contributed by atoms with Crippen LogP contribution in [0.1, 0.15) is 40.8 Å². The summed E-state index contributed by atoms with van der Waals surface area (Å²) in [6, 6.07) is 20.1. The molecular weight excluding hydrogens is 448 g/mol. The molecule has 0 aliphatic carbocycles. The van der Waals surface area contributed by atoms with Crippen molar-refractivity contribution in [3.63, 3.8) is 0 Å².